The molecule has 326 valence electrons. The van der Waals surface area contributed by atoms with Crippen molar-refractivity contribution in [2.24, 2.45) is 51.6 Å². The Morgan fingerprint density at radius 1 is 1.02 bits per heavy atom. The summed E-state index contributed by atoms with van der Waals surface area (Å²) in [5, 5.41) is 24.9. The molecule has 0 aliphatic heterocycles. The van der Waals surface area contributed by atoms with E-state index in [0.717, 1.165) is 24.8 Å². The second kappa shape index (κ2) is 18.3. The molecule has 15 heteroatoms. The predicted octanol–water partition coefficient (Wildman–Crippen LogP) is 4.37. The molecule has 5 aliphatic rings. The largest absolute Gasteiger partial charge is 0.445 e. The molecule has 0 heterocycles. The number of carbonyl (C=O) groups excluding carboxylic acids is 6. The first-order valence-corrected chi connectivity index (χ1v) is 21.3. The normalized spacial score (nSPS) is 30.2. The van der Waals surface area contributed by atoms with Crippen LogP contribution in [0.3, 0.4) is 0 Å². The Hall–Kier alpha value is -5.02. The molecule has 9 atom stereocenters. The highest BCUT2D eigenvalue weighted by Crippen LogP contribution is 2.77. The number of ketones is 1. The van der Waals surface area contributed by atoms with E-state index in [-0.39, 0.29) is 79.0 Å². The van der Waals surface area contributed by atoms with Gasteiger partial charge in [-0.15, -0.1) is 0 Å². The number of ether oxygens (including phenoxy) is 2. The van der Waals surface area contributed by atoms with E-state index in [4.69, 9.17) is 15.2 Å². The smallest absolute Gasteiger partial charge is 0.407 e. The Bertz CT molecular complexity index is 1930. The van der Waals surface area contributed by atoms with Crippen LogP contribution in [0.5, 0.6) is 0 Å². The summed E-state index contributed by atoms with van der Waals surface area (Å²) < 4.78 is 11.2. The van der Waals surface area contributed by atoms with Crippen LogP contribution >= 0.6 is 0 Å². The molecule has 8 N–H and O–H groups in total. The number of fused-ring (bicyclic) bond motifs is 6. The maximum Gasteiger partial charge on any atom is 0.407 e. The number of benzene rings is 1. The maximum atomic E-state index is 13.0. The van der Waals surface area contributed by atoms with Crippen molar-refractivity contribution in [3.63, 3.8) is 0 Å². The summed E-state index contributed by atoms with van der Waals surface area (Å²) in [6.07, 6.45) is 11.2. The van der Waals surface area contributed by atoms with Gasteiger partial charge in [-0.05, 0) is 103 Å². The van der Waals surface area contributed by atoms with E-state index in [1.165, 1.54) is 5.57 Å². The average molecular weight is 831 g/mol. The highest BCUT2D eigenvalue weighted by atomic mass is 16.5. The van der Waals surface area contributed by atoms with Crippen LogP contribution in [0.4, 0.5) is 15.3 Å². The molecule has 0 aromatic heterocycles. The molecule has 0 bridgehead atoms. The van der Waals surface area contributed by atoms with Gasteiger partial charge < -0.3 is 46.9 Å². The summed E-state index contributed by atoms with van der Waals surface area (Å²) >= 11 is 0. The number of urea groups is 1. The highest BCUT2D eigenvalue weighted by molar-refractivity contribution is 6.01. The number of rotatable bonds is 17. The SMILES string of the molecule is CC(C)CC(=O)NC(CCCNC(N)=O)C(=O)Nc1ccc(COC(=O)NCC(=O)NCOCC2=CC23[C@H](C)CC2C4CCC5=CC(=O)C=CC5(C)C4C(O)CC23C)cc1. The molecule has 15 nitrogen and oxygen atoms in total. The van der Waals surface area contributed by atoms with Crippen LogP contribution in [0.15, 0.2) is 59.7 Å². The minimum atomic E-state index is -0.819. The standard InChI is InChI=1S/C45H62N6O9/c1-26(2)17-37(54)51-35(7-6-16-47-41(46)57)40(56)50-31-11-8-28(9-12-31)23-60-42(58)48-22-38(55)49-25-59-24-30-20-45(30)27(3)18-34-33-13-10-29-19-32(52)14-15-43(29,4)39(33)36(53)21-44(34,45)5/h8-9,11-12,14-15,19-20,26-27,33-36,39,53H,6-7,10,13,16-18,21-25H2,1-5H3,(H,48,58)(H,49,55)(H,50,56)(H,51,54)(H3,46,47,57)/t27-,33?,34?,35?,36?,39?,43?,44?,45?/m1/s1. The van der Waals surface area contributed by atoms with E-state index < -0.39 is 36.1 Å². The molecule has 5 aliphatic carbocycles. The lowest BCUT2D eigenvalue weighted by Crippen LogP contribution is -2.56. The minimum Gasteiger partial charge on any atom is -0.445 e. The van der Waals surface area contributed by atoms with E-state index in [1.807, 2.05) is 19.9 Å². The Morgan fingerprint density at radius 3 is 2.48 bits per heavy atom. The number of anilines is 1. The Kier molecular flexibility index (Phi) is 13.6. The zero-order chi connectivity index (χ0) is 43.4. The van der Waals surface area contributed by atoms with Crippen molar-refractivity contribution in [3.05, 3.63) is 65.3 Å². The van der Waals surface area contributed by atoms with Gasteiger partial charge in [0.25, 0.3) is 0 Å². The molecule has 1 spiro atoms. The van der Waals surface area contributed by atoms with Crippen LogP contribution in [0.1, 0.15) is 85.1 Å². The van der Waals surface area contributed by atoms with Crippen LogP contribution in [-0.4, -0.2) is 79.3 Å². The molecule has 60 heavy (non-hydrogen) atoms. The molecule has 3 fully saturated rings. The average Bonchev–Trinajstić information content (AvgIpc) is 3.89. The second-order valence-electron chi connectivity index (χ2n) is 18.2. The third-order valence-electron chi connectivity index (χ3n) is 13.9. The number of alkyl carbamates (subject to hydrolysis) is 1. The number of primary amides is 1. The molecule has 3 saturated carbocycles. The Balaban J connectivity index is 0.891. The van der Waals surface area contributed by atoms with Crippen LogP contribution in [-0.2, 0) is 35.3 Å². The summed E-state index contributed by atoms with van der Waals surface area (Å²) in [6.45, 7) is 10.9. The number of nitrogens with one attached hydrogen (secondary N) is 5. The van der Waals surface area contributed by atoms with Gasteiger partial charge in [0, 0.05) is 35.4 Å². The van der Waals surface area contributed by atoms with Crippen molar-refractivity contribution in [1.82, 2.24) is 21.3 Å². The quantitative estimate of drug-likeness (QED) is 0.0671. The van der Waals surface area contributed by atoms with Gasteiger partial charge in [-0.25, -0.2) is 9.59 Å². The first-order valence-electron chi connectivity index (χ1n) is 21.3. The molecular formula is C45H62N6O9. The van der Waals surface area contributed by atoms with Crippen molar-refractivity contribution in [2.75, 3.05) is 31.7 Å². The molecule has 8 unspecified atom stereocenters. The first-order chi connectivity index (χ1) is 28.5. The van der Waals surface area contributed by atoms with Crippen LogP contribution in [0.25, 0.3) is 0 Å². The number of hydrogen-bond acceptors (Lipinski definition) is 9. The van der Waals surface area contributed by atoms with Gasteiger partial charge in [-0.1, -0.05) is 64.5 Å². The number of aliphatic hydroxyl groups excluding tert-OH is 1. The third kappa shape index (κ3) is 9.46. The number of allylic oxidation sites excluding steroid dienone is 5. The molecule has 6 amide bonds. The zero-order valence-corrected chi connectivity index (χ0v) is 35.4. The Labute approximate surface area is 352 Å². The fraction of sp³-hybridized carbons (Fsp3) is 0.600. The first kappa shape index (κ1) is 44.5. The van der Waals surface area contributed by atoms with Crippen LogP contribution in [0.2, 0.25) is 0 Å². The zero-order valence-electron chi connectivity index (χ0n) is 35.4. The third-order valence-corrected chi connectivity index (χ3v) is 13.9. The summed E-state index contributed by atoms with van der Waals surface area (Å²) in [4.78, 5) is 73.5. The van der Waals surface area contributed by atoms with Gasteiger partial charge >= 0.3 is 12.1 Å². The fourth-order valence-electron chi connectivity index (χ4n) is 11.1. The molecule has 1 aromatic rings. The van der Waals surface area contributed by atoms with Gasteiger partial charge in [0.2, 0.25) is 17.7 Å². The summed E-state index contributed by atoms with van der Waals surface area (Å²) in [5.74, 6) is 0.352. The lowest BCUT2D eigenvalue weighted by molar-refractivity contribution is -0.127. The van der Waals surface area contributed by atoms with Crippen molar-refractivity contribution in [1.29, 1.82) is 0 Å². The number of aliphatic hydroxyl groups is 1. The monoisotopic (exact) mass is 830 g/mol. The lowest BCUT2D eigenvalue weighted by Gasteiger charge is -2.59. The maximum absolute atomic E-state index is 13.0. The number of amides is 6. The van der Waals surface area contributed by atoms with E-state index in [9.17, 15) is 33.9 Å². The molecule has 1 aromatic carbocycles. The summed E-state index contributed by atoms with van der Waals surface area (Å²) in [5.41, 5.74) is 8.08. The van der Waals surface area contributed by atoms with Crippen molar-refractivity contribution < 1.29 is 43.3 Å². The second-order valence-corrected chi connectivity index (χ2v) is 18.2. The Morgan fingerprint density at radius 2 is 1.77 bits per heavy atom. The lowest BCUT2D eigenvalue weighted by atomic mass is 9.46. The van der Waals surface area contributed by atoms with Crippen molar-refractivity contribution in [2.45, 2.75) is 98.3 Å². The molecule has 0 radical (unpaired) electrons. The fourth-order valence-corrected chi connectivity index (χ4v) is 11.1. The number of hydrogen-bond donors (Lipinski definition) is 7. The van der Waals surface area contributed by atoms with E-state index in [2.05, 4.69) is 53.4 Å². The van der Waals surface area contributed by atoms with Crippen molar-refractivity contribution >= 4 is 41.3 Å². The summed E-state index contributed by atoms with van der Waals surface area (Å²) in [7, 11) is 0. The van der Waals surface area contributed by atoms with Gasteiger partial charge in [0.15, 0.2) is 5.78 Å². The van der Waals surface area contributed by atoms with E-state index in [0.29, 0.717) is 48.5 Å². The van der Waals surface area contributed by atoms with Gasteiger partial charge in [-0.3, -0.25) is 19.2 Å². The van der Waals surface area contributed by atoms with Gasteiger partial charge in [0.1, 0.15) is 25.9 Å². The minimum absolute atomic E-state index is 0.0240. The molecule has 6 rings (SSSR count). The molecular weight excluding hydrogens is 769 g/mol. The van der Waals surface area contributed by atoms with Gasteiger partial charge in [0.05, 0.1) is 12.7 Å². The number of carbonyl (C=O) groups is 6. The topological polar surface area (TPSA) is 227 Å². The van der Waals surface area contributed by atoms with Gasteiger partial charge in [-0.2, -0.15) is 0 Å². The van der Waals surface area contributed by atoms with Crippen LogP contribution < -0.4 is 32.3 Å². The predicted molar refractivity (Wildman–Crippen MR) is 223 cm³/mol. The van der Waals surface area contributed by atoms with Crippen LogP contribution in [0, 0.1) is 45.8 Å². The highest BCUT2D eigenvalue weighted by Gasteiger charge is 2.72. The number of nitrogens with two attached hydrogens (primary N) is 1. The van der Waals surface area contributed by atoms with E-state index in [1.54, 1.807) is 36.4 Å². The summed E-state index contributed by atoms with van der Waals surface area (Å²) in [6, 6.07) is 5.16. The van der Waals surface area contributed by atoms with E-state index >= 15 is 0 Å². The van der Waals surface area contributed by atoms with Crippen molar-refractivity contribution in [3.8, 4) is 0 Å². The molecule has 0 saturated heterocycles.